The third-order valence-corrected chi connectivity index (χ3v) is 8.80. The molecule has 3 rings (SSSR count). The van der Waals surface area contributed by atoms with Crippen LogP contribution in [0.2, 0.25) is 0 Å². The summed E-state index contributed by atoms with van der Waals surface area (Å²) in [6.07, 6.45) is 14.2. The smallest absolute Gasteiger partial charge is 0.134 e. The third-order valence-electron chi connectivity index (χ3n) is 8.80. The van der Waals surface area contributed by atoms with Crippen LogP contribution in [-0.2, 0) is 6.42 Å². The SMILES string of the molecule is Cc1c(C)c2c(c(C)c1Oc1ccccc1)CC[C@@](C)(CCC[C@H](C)CCC[C@H](C)CCCC(C)C)O2. The maximum Gasteiger partial charge on any atom is 0.134 e. The molecule has 0 bridgehead atoms. The molecule has 0 spiro atoms. The number of fused-ring (bicyclic) bond motifs is 1. The lowest BCUT2D eigenvalue weighted by Gasteiger charge is -2.38. The van der Waals surface area contributed by atoms with Gasteiger partial charge in [0.25, 0.3) is 0 Å². The molecule has 0 unspecified atom stereocenters. The quantitative estimate of drug-likeness (QED) is 0.254. The second kappa shape index (κ2) is 13.7. The van der Waals surface area contributed by atoms with Gasteiger partial charge >= 0.3 is 0 Å². The molecule has 2 nitrogen and oxygen atoms in total. The van der Waals surface area contributed by atoms with Crippen LogP contribution in [0, 0.1) is 38.5 Å². The molecule has 0 aliphatic carbocycles. The van der Waals surface area contributed by atoms with Crippen LogP contribution < -0.4 is 9.47 Å². The highest BCUT2D eigenvalue weighted by atomic mass is 16.5. The first kappa shape index (κ1) is 29.6. The standard InChI is InChI=1S/C35H54O2/c1-25(2)15-12-16-26(3)17-13-18-27(4)19-14-23-35(8)24-22-32-30(7)33(28(5)29(6)34(32)37-35)36-31-20-10-9-11-21-31/h9-11,20-21,25-27H,12-19,22-24H2,1-8H3/t26-,27-,35-/m1/s1. The minimum absolute atomic E-state index is 0.0664. The Labute approximate surface area is 228 Å². The Morgan fingerprint density at radius 1 is 0.784 bits per heavy atom. The number of ether oxygens (including phenoxy) is 2. The molecule has 3 atom stereocenters. The van der Waals surface area contributed by atoms with Gasteiger partial charge in [-0.05, 0) is 100.0 Å². The van der Waals surface area contributed by atoms with E-state index in [1.165, 1.54) is 73.6 Å². The lowest BCUT2D eigenvalue weighted by Crippen LogP contribution is -2.37. The zero-order chi connectivity index (χ0) is 27.0. The van der Waals surface area contributed by atoms with Gasteiger partial charge in [0.1, 0.15) is 22.8 Å². The van der Waals surface area contributed by atoms with Gasteiger partial charge < -0.3 is 9.47 Å². The molecule has 0 amide bonds. The highest BCUT2D eigenvalue weighted by molar-refractivity contribution is 5.59. The summed E-state index contributed by atoms with van der Waals surface area (Å²) in [6, 6.07) is 10.1. The van der Waals surface area contributed by atoms with Gasteiger partial charge in [-0.25, -0.2) is 0 Å². The van der Waals surface area contributed by atoms with Crippen molar-refractivity contribution < 1.29 is 9.47 Å². The van der Waals surface area contributed by atoms with Gasteiger partial charge in [-0.3, -0.25) is 0 Å². The van der Waals surface area contributed by atoms with E-state index in [9.17, 15) is 0 Å². The van der Waals surface area contributed by atoms with Crippen LogP contribution in [0.3, 0.4) is 0 Å². The largest absolute Gasteiger partial charge is 0.487 e. The van der Waals surface area contributed by atoms with Crippen molar-refractivity contribution in [1.29, 1.82) is 0 Å². The van der Waals surface area contributed by atoms with E-state index in [4.69, 9.17) is 9.47 Å². The summed E-state index contributed by atoms with van der Waals surface area (Å²) in [5, 5.41) is 0. The molecule has 0 radical (unpaired) electrons. The third kappa shape index (κ3) is 8.52. The van der Waals surface area contributed by atoms with Crippen molar-refractivity contribution in [1.82, 2.24) is 0 Å². The van der Waals surface area contributed by atoms with E-state index in [2.05, 4.69) is 55.4 Å². The van der Waals surface area contributed by atoms with Crippen molar-refractivity contribution >= 4 is 0 Å². The van der Waals surface area contributed by atoms with E-state index in [0.29, 0.717) is 0 Å². The Hall–Kier alpha value is -1.96. The van der Waals surface area contributed by atoms with E-state index in [1.54, 1.807) is 0 Å². The lowest BCUT2D eigenvalue weighted by molar-refractivity contribution is 0.0512. The van der Waals surface area contributed by atoms with Crippen molar-refractivity contribution in [3.05, 3.63) is 52.6 Å². The summed E-state index contributed by atoms with van der Waals surface area (Å²) in [4.78, 5) is 0. The lowest BCUT2D eigenvalue weighted by atomic mass is 9.83. The Balaban J connectivity index is 1.49. The van der Waals surface area contributed by atoms with Gasteiger partial charge in [-0.1, -0.05) is 90.8 Å². The molecule has 37 heavy (non-hydrogen) atoms. The van der Waals surface area contributed by atoms with Crippen LogP contribution in [0.1, 0.15) is 121 Å². The fraction of sp³-hybridized carbons (Fsp3) is 0.657. The molecule has 1 heterocycles. The van der Waals surface area contributed by atoms with E-state index in [1.807, 2.05) is 30.3 Å². The van der Waals surface area contributed by atoms with E-state index in [0.717, 1.165) is 54.3 Å². The zero-order valence-electron chi connectivity index (χ0n) is 25.2. The molecule has 1 aliphatic rings. The van der Waals surface area contributed by atoms with Crippen LogP contribution in [0.4, 0.5) is 0 Å². The predicted molar refractivity (Wildman–Crippen MR) is 159 cm³/mol. The van der Waals surface area contributed by atoms with Crippen LogP contribution in [0.5, 0.6) is 17.2 Å². The van der Waals surface area contributed by atoms with Crippen molar-refractivity contribution in [2.24, 2.45) is 17.8 Å². The van der Waals surface area contributed by atoms with Crippen LogP contribution in [0.25, 0.3) is 0 Å². The van der Waals surface area contributed by atoms with E-state index in [-0.39, 0.29) is 5.60 Å². The van der Waals surface area contributed by atoms with Gasteiger partial charge in [0.2, 0.25) is 0 Å². The molecule has 206 valence electrons. The second-order valence-electron chi connectivity index (χ2n) is 12.8. The van der Waals surface area contributed by atoms with Gasteiger partial charge in [-0.2, -0.15) is 0 Å². The molecule has 0 aromatic heterocycles. The highest BCUT2D eigenvalue weighted by Crippen LogP contribution is 2.46. The van der Waals surface area contributed by atoms with Crippen molar-refractivity contribution in [3.8, 4) is 17.2 Å². The Bertz CT molecular complexity index is 977. The first-order valence-corrected chi connectivity index (χ1v) is 15.1. The molecule has 1 aliphatic heterocycles. The Kier molecular flexibility index (Phi) is 11.0. The minimum Gasteiger partial charge on any atom is -0.487 e. The fourth-order valence-corrected chi connectivity index (χ4v) is 6.02. The number of para-hydroxylation sites is 1. The van der Waals surface area contributed by atoms with Crippen molar-refractivity contribution in [3.63, 3.8) is 0 Å². The Morgan fingerprint density at radius 2 is 1.38 bits per heavy atom. The fourth-order valence-electron chi connectivity index (χ4n) is 6.02. The number of benzene rings is 2. The van der Waals surface area contributed by atoms with Gasteiger partial charge in [0, 0.05) is 5.56 Å². The summed E-state index contributed by atoms with van der Waals surface area (Å²) in [5.74, 6) is 5.55. The van der Waals surface area contributed by atoms with Gasteiger partial charge in [0.05, 0.1) is 0 Å². The maximum absolute atomic E-state index is 6.81. The maximum atomic E-state index is 6.81. The molecule has 0 fully saturated rings. The Morgan fingerprint density at radius 3 is 2.00 bits per heavy atom. The average molecular weight is 507 g/mol. The van der Waals surface area contributed by atoms with Crippen LogP contribution in [-0.4, -0.2) is 5.60 Å². The molecule has 0 saturated carbocycles. The van der Waals surface area contributed by atoms with Crippen molar-refractivity contribution in [2.75, 3.05) is 0 Å². The molecule has 0 saturated heterocycles. The molecular formula is C35H54O2. The van der Waals surface area contributed by atoms with Gasteiger partial charge in [-0.15, -0.1) is 0 Å². The highest BCUT2D eigenvalue weighted by Gasteiger charge is 2.34. The van der Waals surface area contributed by atoms with Crippen molar-refractivity contribution in [2.45, 2.75) is 132 Å². The summed E-state index contributed by atoms with van der Waals surface area (Å²) in [5.41, 5.74) is 4.92. The normalized spacial score (nSPS) is 18.8. The van der Waals surface area contributed by atoms with Crippen LogP contribution >= 0.6 is 0 Å². The number of rotatable bonds is 14. The molecule has 2 aromatic rings. The summed E-state index contributed by atoms with van der Waals surface area (Å²) in [7, 11) is 0. The first-order valence-electron chi connectivity index (χ1n) is 15.1. The minimum atomic E-state index is -0.0664. The summed E-state index contributed by atoms with van der Waals surface area (Å²) in [6.45, 7) is 18.5. The first-order chi connectivity index (χ1) is 17.6. The monoisotopic (exact) mass is 506 g/mol. The zero-order valence-corrected chi connectivity index (χ0v) is 25.2. The molecule has 2 heteroatoms. The summed E-state index contributed by atoms with van der Waals surface area (Å²) >= 11 is 0. The molecule has 0 N–H and O–H groups in total. The second-order valence-corrected chi connectivity index (χ2v) is 12.8. The molecular weight excluding hydrogens is 452 g/mol. The van der Waals surface area contributed by atoms with E-state index >= 15 is 0 Å². The van der Waals surface area contributed by atoms with E-state index < -0.39 is 0 Å². The number of hydrogen-bond donors (Lipinski definition) is 0. The topological polar surface area (TPSA) is 18.5 Å². The average Bonchev–Trinajstić information content (AvgIpc) is 2.85. The van der Waals surface area contributed by atoms with Crippen LogP contribution in [0.15, 0.2) is 30.3 Å². The number of hydrogen-bond acceptors (Lipinski definition) is 2. The molecule has 2 aromatic carbocycles. The summed E-state index contributed by atoms with van der Waals surface area (Å²) < 4.78 is 13.2. The predicted octanol–water partition coefficient (Wildman–Crippen LogP) is 10.9. The van der Waals surface area contributed by atoms with Gasteiger partial charge in [0.15, 0.2) is 0 Å².